The molecule has 2 aromatic rings. The van der Waals surface area contributed by atoms with Crippen molar-refractivity contribution < 1.29 is 0 Å². The lowest BCUT2D eigenvalue weighted by Crippen LogP contribution is -1.89. The van der Waals surface area contributed by atoms with Crippen molar-refractivity contribution in [3.8, 4) is 11.4 Å². The summed E-state index contributed by atoms with van der Waals surface area (Å²) in [7, 11) is 0. The van der Waals surface area contributed by atoms with E-state index < -0.39 is 0 Å². The Morgan fingerprint density at radius 1 is 1.31 bits per heavy atom. The number of hydrogen-bond donors (Lipinski definition) is 1. The number of allylic oxidation sites excluding steroid dienone is 1. The third-order valence-electron chi connectivity index (χ3n) is 2.10. The second-order valence-corrected chi connectivity index (χ2v) is 4.49. The Morgan fingerprint density at radius 2 is 2.00 bits per heavy atom. The molecule has 0 fully saturated rings. The molecule has 0 spiro atoms. The van der Waals surface area contributed by atoms with Crippen LogP contribution in [0.1, 0.15) is 17.5 Å². The summed E-state index contributed by atoms with van der Waals surface area (Å²) in [5.74, 6) is 0.762. The smallest absolute Gasteiger partial charge is 0.173 e. The number of rotatable bonds is 2. The number of nitrogens with two attached hydrogens (primary N) is 1. The van der Waals surface area contributed by atoms with E-state index in [4.69, 9.17) is 5.73 Å². The lowest BCUT2D eigenvalue weighted by atomic mass is 10.1. The zero-order valence-electron chi connectivity index (χ0n) is 9.27. The van der Waals surface area contributed by atoms with Crippen LogP contribution >= 0.6 is 11.5 Å². The SMILES string of the molecule is CC(N)=Cc1nc(-c2ccc(C)cc2)ns1. The molecule has 0 amide bonds. The number of aryl methyl sites for hydroxylation is 1. The van der Waals surface area contributed by atoms with Crippen LogP contribution < -0.4 is 5.73 Å². The van der Waals surface area contributed by atoms with E-state index in [2.05, 4.69) is 28.4 Å². The maximum absolute atomic E-state index is 5.59. The van der Waals surface area contributed by atoms with Crippen LogP contribution in [0.2, 0.25) is 0 Å². The van der Waals surface area contributed by atoms with Gasteiger partial charge in [0.15, 0.2) is 5.82 Å². The lowest BCUT2D eigenvalue weighted by Gasteiger charge is -1.95. The highest BCUT2D eigenvalue weighted by atomic mass is 32.1. The van der Waals surface area contributed by atoms with Gasteiger partial charge < -0.3 is 5.73 Å². The van der Waals surface area contributed by atoms with Gasteiger partial charge >= 0.3 is 0 Å². The molecular weight excluding hydrogens is 218 g/mol. The molecule has 0 atom stereocenters. The van der Waals surface area contributed by atoms with Crippen molar-refractivity contribution in [1.29, 1.82) is 0 Å². The summed E-state index contributed by atoms with van der Waals surface area (Å²) in [6.07, 6.45) is 1.83. The Morgan fingerprint density at radius 3 is 2.62 bits per heavy atom. The molecule has 0 radical (unpaired) electrons. The summed E-state index contributed by atoms with van der Waals surface area (Å²) < 4.78 is 4.30. The van der Waals surface area contributed by atoms with Gasteiger partial charge in [0.2, 0.25) is 0 Å². The zero-order chi connectivity index (χ0) is 11.5. The Labute approximate surface area is 98.8 Å². The van der Waals surface area contributed by atoms with Crippen LogP contribution in [0.3, 0.4) is 0 Å². The van der Waals surface area contributed by atoms with E-state index in [1.54, 1.807) is 0 Å². The highest BCUT2D eigenvalue weighted by Crippen LogP contribution is 2.19. The average Bonchev–Trinajstić information content (AvgIpc) is 2.66. The summed E-state index contributed by atoms with van der Waals surface area (Å²) in [6, 6.07) is 8.17. The van der Waals surface area contributed by atoms with Gasteiger partial charge in [-0.2, -0.15) is 4.37 Å². The molecule has 0 aliphatic heterocycles. The predicted octanol–water partition coefficient (Wildman–Crippen LogP) is 2.83. The quantitative estimate of drug-likeness (QED) is 0.864. The molecule has 1 heterocycles. The molecule has 4 heteroatoms. The number of benzene rings is 1. The van der Waals surface area contributed by atoms with Gasteiger partial charge in [0.1, 0.15) is 5.01 Å². The summed E-state index contributed by atoms with van der Waals surface area (Å²) in [6.45, 7) is 3.90. The van der Waals surface area contributed by atoms with Crippen LogP contribution in [0.15, 0.2) is 30.0 Å². The predicted molar refractivity (Wildman–Crippen MR) is 67.9 cm³/mol. The van der Waals surface area contributed by atoms with Gasteiger partial charge in [0.25, 0.3) is 0 Å². The largest absolute Gasteiger partial charge is 0.402 e. The number of aromatic nitrogens is 2. The highest BCUT2D eigenvalue weighted by Gasteiger charge is 2.04. The maximum Gasteiger partial charge on any atom is 0.173 e. The molecule has 82 valence electrons. The first-order chi connectivity index (χ1) is 7.65. The van der Waals surface area contributed by atoms with Gasteiger partial charge in [0.05, 0.1) is 0 Å². The fraction of sp³-hybridized carbons (Fsp3) is 0.167. The van der Waals surface area contributed by atoms with Crippen LogP contribution in [0, 0.1) is 6.92 Å². The Hall–Kier alpha value is -1.68. The molecule has 3 nitrogen and oxygen atoms in total. The summed E-state index contributed by atoms with van der Waals surface area (Å²) in [4.78, 5) is 4.40. The van der Waals surface area contributed by atoms with Gasteiger partial charge in [-0.1, -0.05) is 29.8 Å². The molecule has 0 saturated carbocycles. The molecule has 0 aliphatic carbocycles. The van der Waals surface area contributed by atoms with E-state index in [0.29, 0.717) is 0 Å². The molecule has 0 bridgehead atoms. The molecule has 0 unspecified atom stereocenters. The van der Waals surface area contributed by atoms with Crippen molar-refractivity contribution in [2.45, 2.75) is 13.8 Å². The molecule has 1 aromatic heterocycles. The van der Waals surface area contributed by atoms with Crippen LogP contribution in [-0.2, 0) is 0 Å². The normalized spacial score (nSPS) is 11.8. The minimum atomic E-state index is 0.742. The van der Waals surface area contributed by atoms with Crippen LogP contribution in [0.4, 0.5) is 0 Å². The molecule has 1 aromatic carbocycles. The van der Waals surface area contributed by atoms with Crippen molar-refractivity contribution in [2.24, 2.45) is 5.73 Å². The zero-order valence-corrected chi connectivity index (χ0v) is 10.1. The molecule has 0 saturated heterocycles. The van der Waals surface area contributed by atoms with E-state index in [1.165, 1.54) is 17.1 Å². The van der Waals surface area contributed by atoms with E-state index in [9.17, 15) is 0 Å². The minimum absolute atomic E-state index is 0.742. The first kappa shape index (κ1) is 10.8. The molecule has 16 heavy (non-hydrogen) atoms. The van der Waals surface area contributed by atoms with Crippen molar-refractivity contribution in [1.82, 2.24) is 9.36 Å². The van der Waals surface area contributed by atoms with Gasteiger partial charge in [-0.05, 0) is 31.5 Å². The van der Waals surface area contributed by atoms with Gasteiger partial charge in [0, 0.05) is 11.3 Å². The van der Waals surface area contributed by atoms with Crippen LogP contribution in [0.5, 0.6) is 0 Å². The Balaban J connectivity index is 2.31. The number of nitrogens with zero attached hydrogens (tertiary/aromatic N) is 2. The fourth-order valence-corrected chi connectivity index (χ4v) is 2.00. The van der Waals surface area contributed by atoms with Crippen molar-refractivity contribution >= 4 is 17.6 Å². The molecular formula is C12H13N3S. The summed E-state index contributed by atoms with van der Waals surface area (Å²) >= 11 is 1.36. The lowest BCUT2D eigenvalue weighted by molar-refractivity contribution is 1.29. The van der Waals surface area contributed by atoms with Crippen molar-refractivity contribution in [2.75, 3.05) is 0 Å². The van der Waals surface area contributed by atoms with E-state index in [-0.39, 0.29) is 0 Å². The van der Waals surface area contributed by atoms with Gasteiger partial charge in [-0.25, -0.2) is 4.98 Å². The minimum Gasteiger partial charge on any atom is -0.402 e. The third-order valence-corrected chi connectivity index (χ3v) is 2.76. The standard InChI is InChI=1S/C12H13N3S/c1-8-3-5-10(6-4-8)12-14-11(16-15-12)7-9(2)13/h3-7H,13H2,1-2H3. The van der Waals surface area contributed by atoms with Crippen LogP contribution in [-0.4, -0.2) is 9.36 Å². The van der Waals surface area contributed by atoms with E-state index >= 15 is 0 Å². The topological polar surface area (TPSA) is 51.8 Å². The molecule has 2 N–H and O–H groups in total. The van der Waals surface area contributed by atoms with Crippen molar-refractivity contribution in [3.05, 3.63) is 40.5 Å². The molecule has 2 rings (SSSR count). The van der Waals surface area contributed by atoms with Crippen LogP contribution in [0.25, 0.3) is 17.5 Å². The summed E-state index contributed by atoms with van der Waals surface area (Å²) in [5, 5.41) is 0.843. The average molecular weight is 231 g/mol. The number of hydrogen-bond acceptors (Lipinski definition) is 4. The maximum atomic E-state index is 5.59. The Bertz CT molecular complexity index is 507. The van der Waals surface area contributed by atoms with Crippen molar-refractivity contribution in [3.63, 3.8) is 0 Å². The molecule has 0 aliphatic rings. The first-order valence-electron chi connectivity index (χ1n) is 4.99. The second-order valence-electron chi connectivity index (χ2n) is 3.71. The first-order valence-corrected chi connectivity index (χ1v) is 5.77. The third kappa shape index (κ3) is 2.46. The van der Waals surface area contributed by atoms with E-state index in [0.717, 1.165) is 22.1 Å². The fourth-order valence-electron chi connectivity index (χ4n) is 1.31. The highest BCUT2D eigenvalue weighted by molar-refractivity contribution is 7.06. The monoisotopic (exact) mass is 231 g/mol. The van der Waals surface area contributed by atoms with E-state index in [1.807, 2.05) is 25.1 Å². The second kappa shape index (κ2) is 4.45. The Kier molecular flexibility index (Phi) is 3.01. The van der Waals surface area contributed by atoms with Gasteiger partial charge in [-0.15, -0.1) is 0 Å². The van der Waals surface area contributed by atoms with Gasteiger partial charge in [-0.3, -0.25) is 0 Å². The summed E-state index contributed by atoms with van der Waals surface area (Å²) in [5.41, 5.74) is 8.61.